The van der Waals surface area contributed by atoms with Crippen LogP contribution in [0.2, 0.25) is 0 Å². The topological polar surface area (TPSA) is 16.8 Å². The van der Waals surface area contributed by atoms with Crippen LogP contribution in [-0.4, -0.2) is 4.98 Å². The first-order chi connectivity index (χ1) is 5.39. The van der Waals surface area contributed by atoms with Crippen LogP contribution in [0, 0.1) is 0 Å². The highest BCUT2D eigenvalue weighted by Crippen LogP contribution is 1.63. The van der Waals surface area contributed by atoms with Crippen molar-refractivity contribution in [1.82, 2.24) is 4.98 Å². The van der Waals surface area contributed by atoms with Gasteiger partial charge < -0.3 is 0 Å². The van der Waals surface area contributed by atoms with Crippen molar-refractivity contribution in [1.29, 1.82) is 0 Å². The number of nitrogens with zero attached hydrogens (tertiary/aromatic N) is 2. The average molecular weight is 155 g/mol. The molecule has 0 saturated carbocycles. The molecule has 0 aromatic carbocycles. The number of aryl methyl sites for hydroxylation is 1. The quantitative estimate of drug-likeness (QED) is 0.523. The minimum atomic E-state index is 1.75. The Morgan fingerprint density at radius 2 is 1.27 bits per heavy atom. The molecule has 11 heavy (non-hydrogen) atoms. The highest BCUT2D eigenvalue weighted by Gasteiger charge is 1.79. The maximum atomic E-state index is 3.82. The van der Waals surface area contributed by atoms with Crippen molar-refractivity contribution < 1.29 is 4.57 Å². The van der Waals surface area contributed by atoms with Crippen molar-refractivity contribution >= 4 is 0 Å². The Balaban J connectivity index is 0. The van der Waals surface area contributed by atoms with Crippen LogP contribution in [0.1, 0.15) is 27.7 Å². The van der Waals surface area contributed by atoms with Crippen LogP contribution >= 0.6 is 0 Å². The lowest BCUT2D eigenvalue weighted by Gasteiger charge is -1.77. The molecule has 0 amide bonds. The lowest BCUT2D eigenvalue weighted by Crippen LogP contribution is -2.25. The minimum absolute atomic E-state index is 1.75. The van der Waals surface area contributed by atoms with Gasteiger partial charge >= 0.3 is 0 Å². The molecule has 0 aliphatic rings. The first kappa shape index (κ1) is 12.7. The summed E-state index contributed by atoms with van der Waals surface area (Å²) < 4.78 is 1.94. The molecule has 0 unspecified atom stereocenters. The van der Waals surface area contributed by atoms with Crippen LogP contribution < -0.4 is 4.57 Å². The fraction of sp³-hybridized carbons (Fsp3) is 0.556. The Morgan fingerprint density at radius 3 is 1.45 bits per heavy atom. The van der Waals surface area contributed by atoms with E-state index < -0.39 is 0 Å². The van der Waals surface area contributed by atoms with E-state index in [1.807, 2.05) is 51.7 Å². The summed E-state index contributed by atoms with van der Waals surface area (Å²) in [6.07, 6.45) is 7.28. The summed E-state index contributed by atoms with van der Waals surface area (Å²) in [6, 6.07) is 0. The molecule has 0 spiro atoms. The monoisotopic (exact) mass is 155 g/mol. The Hall–Kier alpha value is -0.920. The van der Waals surface area contributed by atoms with E-state index in [1.165, 1.54) is 0 Å². The van der Waals surface area contributed by atoms with Crippen molar-refractivity contribution in [2.24, 2.45) is 7.05 Å². The zero-order valence-electron chi connectivity index (χ0n) is 8.20. The third kappa shape index (κ3) is 9.08. The number of rotatable bonds is 0. The lowest BCUT2D eigenvalue weighted by atomic mass is 10.7. The normalized spacial score (nSPS) is 6.64. The molecule has 0 fully saturated rings. The van der Waals surface area contributed by atoms with Crippen molar-refractivity contribution in [3.63, 3.8) is 0 Å². The van der Waals surface area contributed by atoms with E-state index in [9.17, 15) is 0 Å². The van der Waals surface area contributed by atoms with Gasteiger partial charge in [0.15, 0.2) is 12.4 Å². The predicted molar refractivity (Wildman–Crippen MR) is 48.1 cm³/mol. The van der Waals surface area contributed by atoms with Gasteiger partial charge in [0.1, 0.15) is 7.05 Å². The lowest BCUT2D eigenvalue weighted by molar-refractivity contribution is -0.672. The van der Waals surface area contributed by atoms with E-state index in [0.717, 1.165) is 0 Å². The van der Waals surface area contributed by atoms with Gasteiger partial charge in [-0.1, -0.05) is 27.7 Å². The van der Waals surface area contributed by atoms with E-state index in [1.54, 1.807) is 12.4 Å². The highest BCUT2D eigenvalue weighted by atomic mass is 14.9. The molecular formula is C9H19N2+. The Morgan fingerprint density at radius 1 is 0.909 bits per heavy atom. The third-order valence-corrected chi connectivity index (χ3v) is 0.776. The number of hydrogen-bond donors (Lipinski definition) is 0. The van der Waals surface area contributed by atoms with Gasteiger partial charge in [-0.25, -0.2) is 4.57 Å². The second kappa shape index (κ2) is 11.8. The summed E-state index contributed by atoms with van der Waals surface area (Å²) in [6.45, 7) is 8.00. The summed E-state index contributed by atoms with van der Waals surface area (Å²) in [7, 11) is 1.96. The van der Waals surface area contributed by atoms with Crippen molar-refractivity contribution in [3.8, 4) is 0 Å². The van der Waals surface area contributed by atoms with E-state index in [-0.39, 0.29) is 0 Å². The molecule has 1 rings (SSSR count). The summed E-state index contributed by atoms with van der Waals surface area (Å²) in [5.41, 5.74) is 0. The van der Waals surface area contributed by atoms with Gasteiger partial charge in [0.25, 0.3) is 0 Å². The second-order valence-electron chi connectivity index (χ2n) is 1.41. The Kier molecular flexibility index (Phi) is 13.7. The zero-order valence-corrected chi connectivity index (χ0v) is 8.20. The molecule has 0 bridgehead atoms. The van der Waals surface area contributed by atoms with Crippen LogP contribution in [0.4, 0.5) is 0 Å². The minimum Gasteiger partial charge on any atom is -0.252 e. The van der Waals surface area contributed by atoms with E-state index in [0.29, 0.717) is 0 Å². The predicted octanol–water partition coefficient (Wildman–Crippen LogP) is 1.96. The van der Waals surface area contributed by atoms with Crippen LogP contribution in [0.25, 0.3) is 0 Å². The van der Waals surface area contributed by atoms with Crippen molar-refractivity contribution in [2.45, 2.75) is 27.7 Å². The largest absolute Gasteiger partial charge is 0.252 e. The molecular weight excluding hydrogens is 136 g/mol. The fourth-order valence-electron chi connectivity index (χ4n) is 0.387. The van der Waals surface area contributed by atoms with Gasteiger partial charge in [0, 0.05) is 0 Å². The number of hydrogen-bond acceptors (Lipinski definition) is 1. The molecule has 1 aromatic heterocycles. The molecule has 0 aliphatic heterocycles. The van der Waals surface area contributed by atoms with Gasteiger partial charge in [-0.3, -0.25) is 4.98 Å². The van der Waals surface area contributed by atoms with Crippen LogP contribution in [0.3, 0.4) is 0 Å². The van der Waals surface area contributed by atoms with Crippen LogP contribution in [0.5, 0.6) is 0 Å². The summed E-state index contributed by atoms with van der Waals surface area (Å²) >= 11 is 0. The molecule has 0 aliphatic carbocycles. The van der Waals surface area contributed by atoms with Gasteiger partial charge in [-0.05, 0) is 0 Å². The fourth-order valence-corrected chi connectivity index (χ4v) is 0.387. The van der Waals surface area contributed by atoms with Crippen molar-refractivity contribution in [3.05, 3.63) is 24.8 Å². The van der Waals surface area contributed by atoms with E-state index in [4.69, 9.17) is 0 Å². The van der Waals surface area contributed by atoms with Gasteiger partial charge in [-0.2, -0.15) is 0 Å². The standard InChI is InChI=1S/C5H7N2.2C2H6/c1-7-4-2-6-3-5-7;2*1-2/h2-5H,1H3;2*1-2H3/q+1;;. The molecule has 2 nitrogen and oxygen atoms in total. The summed E-state index contributed by atoms with van der Waals surface area (Å²) in [5.74, 6) is 0. The van der Waals surface area contributed by atoms with Gasteiger partial charge in [0.05, 0.1) is 12.4 Å². The molecule has 64 valence electrons. The van der Waals surface area contributed by atoms with Crippen molar-refractivity contribution in [2.75, 3.05) is 0 Å². The Bertz CT molecular complexity index is 137. The highest BCUT2D eigenvalue weighted by molar-refractivity contribution is 4.61. The summed E-state index contributed by atoms with van der Waals surface area (Å²) in [4.78, 5) is 3.82. The third-order valence-electron chi connectivity index (χ3n) is 0.776. The molecule has 2 heteroatoms. The molecule has 0 saturated heterocycles. The molecule has 0 N–H and O–H groups in total. The van der Waals surface area contributed by atoms with Crippen LogP contribution in [0.15, 0.2) is 24.8 Å². The van der Waals surface area contributed by atoms with Crippen LogP contribution in [-0.2, 0) is 7.05 Å². The first-order valence-corrected chi connectivity index (χ1v) is 4.15. The molecule has 1 heterocycles. The van der Waals surface area contributed by atoms with Gasteiger partial charge in [-0.15, -0.1) is 0 Å². The van der Waals surface area contributed by atoms with E-state index in [2.05, 4.69) is 4.98 Å². The van der Waals surface area contributed by atoms with E-state index >= 15 is 0 Å². The maximum Gasteiger partial charge on any atom is 0.186 e. The average Bonchev–Trinajstić information content (AvgIpc) is 2.13. The Labute approximate surface area is 69.9 Å². The number of aromatic nitrogens is 2. The summed E-state index contributed by atoms with van der Waals surface area (Å²) in [5, 5.41) is 0. The molecule has 1 aromatic rings. The zero-order chi connectivity index (χ0) is 9.11. The first-order valence-electron chi connectivity index (χ1n) is 4.15. The van der Waals surface area contributed by atoms with Gasteiger partial charge in [0.2, 0.25) is 0 Å². The smallest absolute Gasteiger partial charge is 0.186 e. The molecule has 0 radical (unpaired) electrons. The SMILES string of the molecule is CC.CC.C[n+]1ccncc1. The molecule has 0 atom stereocenters. The maximum absolute atomic E-state index is 3.82. The second-order valence-corrected chi connectivity index (χ2v) is 1.41.